The van der Waals surface area contributed by atoms with E-state index in [-0.39, 0.29) is 41.3 Å². The predicted octanol–water partition coefficient (Wildman–Crippen LogP) is 3.90. The van der Waals surface area contributed by atoms with Crippen molar-refractivity contribution in [2.45, 2.75) is 50.8 Å². The number of alkyl halides is 7. The van der Waals surface area contributed by atoms with Crippen LogP contribution in [-0.4, -0.2) is 40.5 Å². The lowest BCUT2D eigenvalue weighted by Gasteiger charge is -2.26. The van der Waals surface area contributed by atoms with Gasteiger partial charge in [0.15, 0.2) is 5.76 Å². The molecule has 0 saturated heterocycles. The number of hydrogen-bond acceptors (Lipinski definition) is 5. The number of halogens is 7. The van der Waals surface area contributed by atoms with E-state index >= 15 is 0 Å². The molecule has 0 fully saturated rings. The molecule has 2 aromatic rings. The maximum atomic E-state index is 13.5. The van der Waals surface area contributed by atoms with Crippen molar-refractivity contribution in [3.63, 3.8) is 0 Å². The van der Waals surface area contributed by atoms with Gasteiger partial charge in [-0.1, -0.05) is 6.07 Å². The number of furan rings is 1. The number of hydrogen-bond donors (Lipinski definition) is 2. The Hall–Kier alpha value is -3.45. The van der Waals surface area contributed by atoms with Gasteiger partial charge in [0, 0.05) is 36.5 Å². The molecular formula is C20H17F7N4O3. The van der Waals surface area contributed by atoms with E-state index in [0.717, 1.165) is 5.43 Å². The first-order chi connectivity index (χ1) is 15.8. The zero-order chi connectivity index (χ0) is 25.3. The van der Waals surface area contributed by atoms with Crippen LogP contribution in [0, 0.1) is 6.92 Å². The molecular weight excluding hydrogens is 477 g/mol. The van der Waals surface area contributed by atoms with Crippen LogP contribution in [0.4, 0.5) is 30.7 Å². The fourth-order valence-electron chi connectivity index (χ4n) is 3.27. The zero-order valence-corrected chi connectivity index (χ0v) is 17.4. The molecule has 14 heteroatoms. The summed E-state index contributed by atoms with van der Waals surface area (Å²) in [6, 6.07) is 3.39. The second kappa shape index (κ2) is 9.06. The van der Waals surface area contributed by atoms with Gasteiger partial charge < -0.3 is 9.73 Å². The third-order valence-corrected chi connectivity index (χ3v) is 5.04. The Labute approximate surface area is 187 Å². The van der Waals surface area contributed by atoms with Gasteiger partial charge in [-0.2, -0.15) is 35.8 Å². The molecule has 2 amide bonds. The van der Waals surface area contributed by atoms with Gasteiger partial charge in [0.2, 0.25) is 0 Å². The summed E-state index contributed by atoms with van der Waals surface area (Å²) in [6.07, 6.45) is -2.85. The molecule has 0 bridgehead atoms. The monoisotopic (exact) mass is 494 g/mol. The molecule has 0 aromatic carbocycles. The quantitative estimate of drug-likeness (QED) is 0.470. The molecule has 2 N–H and O–H groups in total. The fraction of sp³-hybridized carbons (Fsp3) is 0.400. The standard InChI is InChI=1S/C20H17F7N4O3/c1-10-14-12(30-31-17(33)18(21,22)19(23,24)20(25,26)27)5-2-6-13(14)34-15(10)16(32)29-9-11-4-3-7-28-8-11/h3-4,7-8H,2,5-6,9H2,1H3,(H,29,32)(H,31,33)/b30-12+. The molecule has 0 spiro atoms. The Morgan fingerprint density at radius 3 is 2.47 bits per heavy atom. The lowest BCUT2D eigenvalue weighted by molar-refractivity contribution is -0.344. The molecule has 0 atom stereocenters. The van der Waals surface area contributed by atoms with Crippen LogP contribution in [0.2, 0.25) is 0 Å². The topological polar surface area (TPSA) is 96.6 Å². The van der Waals surface area contributed by atoms with E-state index in [1.54, 1.807) is 18.3 Å². The van der Waals surface area contributed by atoms with Crippen molar-refractivity contribution in [3.05, 3.63) is 52.7 Å². The molecule has 0 unspecified atom stereocenters. The minimum absolute atomic E-state index is 0.0611. The molecule has 2 heterocycles. The highest BCUT2D eigenvalue weighted by atomic mass is 19.4. The van der Waals surface area contributed by atoms with Gasteiger partial charge >= 0.3 is 23.9 Å². The number of aromatic nitrogens is 1. The third kappa shape index (κ3) is 4.61. The van der Waals surface area contributed by atoms with Crippen LogP contribution in [0.15, 0.2) is 34.0 Å². The van der Waals surface area contributed by atoms with Gasteiger partial charge in [0.05, 0.1) is 5.71 Å². The zero-order valence-electron chi connectivity index (χ0n) is 17.4. The second-order valence-electron chi connectivity index (χ2n) is 7.40. The highest BCUT2D eigenvalue weighted by Crippen LogP contribution is 2.46. The highest BCUT2D eigenvalue weighted by molar-refractivity contribution is 6.06. The molecule has 0 radical (unpaired) electrons. The first-order valence-corrected chi connectivity index (χ1v) is 9.76. The van der Waals surface area contributed by atoms with E-state index in [2.05, 4.69) is 15.4 Å². The van der Waals surface area contributed by atoms with Crippen molar-refractivity contribution in [3.8, 4) is 0 Å². The van der Waals surface area contributed by atoms with E-state index in [4.69, 9.17) is 4.42 Å². The Kier molecular flexibility index (Phi) is 6.71. The van der Waals surface area contributed by atoms with Gasteiger partial charge in [0.25, 0.3) is 5.91 Å². The highest BCUT2D eigenvalue weighted by Gasteiger charge is 2.76. The number of amides is 2. The number of nitrogens with zero attached hydrogens (tertiary/aromatic N) is 2. The number of nitrogens with one attached hydrogen (secondary N) is 2. The van der Waals surface area contributed by atoms with Crippen LogP contribution in [0.3, 0.4) is 0 Å². The summed E-state index contributed by atoms with van der Waals surface area (Å²) < 4.78 is 95.6. The first-order valence-electron chi connectivity index (χ1n) is 9.76. The number of hydrazone groups is 1. The summed E-state index contributed by atoms with van der Waals surface area (Å²) in [4.78, 5) is 27.9. The normalized spacial score (nSPS) is 15.7. The summed E-state index contributed by atoms with van der Waals surface area (Å²) >= 11 is 0. The van der Waals surface area contributed by atoms with Gasteiger partial charge in [-0.3, -0.25) is 14.6 Å². The van der Waals surface area contributed by atoms with Crippen LogP contribution in [-0.2, 0) is 17.8 Å². The number of carbonyl (C=O) groups excluding carboxylic acids is 2. The van der Waals surface area contributed by atoms with Gasteiger partial charge in [0.1, 0.15) is 5.76 Å². The minimum atomic E-state index is -6.65. The molecule has 2 aromatic heterocycles. The lowest BCUT2D eigenvalue weighted by Crippen LogP contribution is -2.58. The molecule has 1 aliphatic rings. The number of pyridine rings is 1. The fourth-order valence-corrected chi connectivity index (χ4v) is 3.27. The molecule has 34 heavy (non-hydrogen) atoms. The Morgan fingerprint density at radius 2 is 1.85 bits per heavy atom. The van der Waals surface area contributed by atoms with Crippen molar-refractivity contribution >= 4 is 17.5 Å². The van der Waals surface area contributed by atoms with Crippen LogP contribution in [0.5, 0.6) is 0 Å². The minimum Gasteiger partial charge on any atom is -0.455 e. The maximum Gasteiger partial charge on any atom is 0.460 e. The lowest BCUT2D eigenvalue weighted by atomic mass is 9.93. The Morgan fingerprint density at radius 1 is 1.15 bits per heavy atom. The number of fused-ring (bicyclic) bond motifs is 1. The number of aryl methyl sites for hydroxylation is 1. The molecule has 0 saturated carbocycles. The van der Waals surface area contributed by atoms with E-state index in [1.807, 2.05) is 0 Å². The van der Waals surface area contributed by atoms with Gasteiger partial charge in [-0.15, -0.1) is 0 Å². The van der Waals surface area contributed by atoms with Crippen LogP contribution in [0.1, 0.15) is 45.8 Å². The van der Waals surface area contributed by atoms with Crippen molar-refractivity contribution < 1.29 is 44.7 Å². The average Bonchev–Trinajstić information content (AvgIpc) is 3.12. The van der Waals surface area contributed by atoms with E-state index < -0.39 is 29.8 Å². The SMILES string of the molecule is Cc1c(C(=O)NCc2cccnc2)oc2c1/C(=N/NC(=O)C(F)(F)C(F)(F)C(F)(F)F)CCC2. The summed E-state index contributed by atoms with van der Waals surface area (Å²) in [5, 5.41) is 5.96. The molecule has 3 rings (SSSR count). The van der Waals surface area contributed by atoms with Crippen LogP contribution >= 0.6 is 0 Å². The Balaban J connectivity index is 1.80. The van der Waals surface area contributed by atoms with Crippen molar-refractivity contribution in [1.82, 2.24) is 15.7 Å². The average molecular weight is 494 g/mol. The summed E-state index contributed by atoms with van der Waals surface area (Å²) in [6.45, 7) is 1.58. The second-order valence-corrected chi connectivity index (χ2v) is 7.40. The molecule has 184 valence electrons. The van der Waals surface area contributed by atoms with Crippen molar-refractivity contribution in [2.24, 2.45) is 5.10 Å². The number of rotatable bonds is 6. The third-order valence-electron chi connectivity index (χ3n) is 5.04. The summed E-state index contributed by atoms with van der Waals surface area (Å²) in [5.74, 6) is -16.1. The van der Waals surface area contributed by atoms with Gasteiger partial charge in [-0.05, 0) is 31.4 Å². The maximum absolute atomic E-state index is 13.5. The molecule has 1 aliphatic carbocycles. The van der Waals surface area contributed by atoms with Crippen molar-refractivity contribution in [2.75, 3.05) is 0 Å². The van der Waals surface area contributed by atoms with E-state index in [1.165, 1.54) is 13.1 Å². The smallest absolute Gasteiger partial charge is 0.455 e. The molecule has 7 nitrogen and oxygen atoms in total. The van der Waals surface area contributed by atoms with Crippen molar-refractivity contribution in [1.29, 1.82) is 0 Å². The van der Waals surface area contributed by atoms with Crippen LogP contribution in [0.25, 0.3) is 0 Å². The predicted molar refractivity (Wildman–Crippen MR) is 102 cm³/mol. The summed E-state index contributed by atoms with van der Waals surface area (Å²) in [7, 11) is 0. The van der Waals surface area contributed by atoms with E-state index in [9.17, 15) is 40.3 Å². The van der Waals surface area contributed by atoms with Crippen LogP contribution < -0.4 is 10.7 Å². The summed E-state index contributed by atoms with van der Waals surface area (Å²) in [5.41, 5.74) is 2.11. The van der Waals surface area contributed by atoms with E-state index in [0.29, 0.717) is 18.4 Å². The largest absolute Gasteiger partial charge is 0.460 e. The number of carbonyl (C=O) groups is 2. The Bertz CT molecular complexity index is 1110. The van der Waals surface area contributed by atoms with Gasteiger partial charge in [-0.25, -0.2) is 5.43 Å². The first kappa shape index (κ1) is 25.2. The molecule has 0 aliphatic heterocycles.